The van der Waals surface area contributed by atoms with Crippen molar-refractivity contribution in [2.75, 3.05) is 19.6 Å². The minimum absolute atomic E-state index is 0.0262. The number of nitrogens with two attached hydrogens (primary N) is 1. The summed E-state index contributed by atoms with van der Waals surface area (Å²) >= 11 is 0. The van der Waals surface area contributed by atoms with Gasteiger partial charge in [-0.3, -0.25) is 4.79 Å². The normalized spacial score (nSPS) is 19.4. The highest BCUT2D eigenvalue weighted by Crippen LogP contribution is 2.20. The number of amides is 1. The summed E-state index contributed by atoms with van der Waals surface area (Å²) in [5, 5.41) is 7.98. The molecule has 1 heterocycles. The maximum Gasteiger partial charge on any atom is 0.276 e. The van der Waals surface area contributed by atoms with Gasteiger partial charge in [0, 0.05) is 25.6 Å². The van der Waals surface area contributed by atoms with Crippen LogP contribution in [0, 0.1) is 11.3 Å². The smallest absolute Gasteiger partial charge is 0.276 e. The van der Waals surface area contributed by atoms with Gasteiger partial charge < -0.3 is 5.32 Å². The lowest BCUT2D eigenvalue weighted by atomic mass is 9.92. The SMILES string of the molecule is CC(C)(C)CCNC(=O)C1CCN(S(N)(=O)=O)CC1. The monoisotopic (exact) mass is 291 g/mol. The Hall–Kier alpha value is -0.660. The fraction of sp³-hybridized carbons (Fsp3) is 0.917. The van der Waals surface area contributed by atoms with Crippen molar-refractivity contribution >= 4 is 16.1 Å². The number of nitrogens with one attached hydrogen (secondary N) is 1. The van der Waals surface area contributed by atoms with E-state index in [0.717, 1.165) is 6.42 Å². The van der Waals surface area contributed by atoms with E-state index in [1.54, 1.807) is 0 Å². The lowest BCUT2D eigenvalue weighted by Crippen LogP contribution is -2.45. The van der Waals surface area contributed by atoms with Gasteiger partial charge in [-0.25, -0.2) is 5.14 Å². The maximum atomic E-state index is 11.9. The second-order valence-electron chi connectivity index (χ2n) is 6.32. The number of carbonyl (C=O) groups is 1. The topological polar surface area (TPSA) is 92.5 Å². The van der Waals surface area contributed by atoms with Crippen molar-refractivity contribution in [1.29, 1.82) is 0 Å². The molecular weight excluding hydrogens is 266 g/mol. The van der Waals surface area contributed by atoms with Gasteiger partial charge in [-0.15, -0.1) is 0 Å². The lowest BCUT2D eigenvalue weighted by molar-refractivity contribution is -0.126. The Balaban J connectivity index is 2.33. The number of carbonyl (C=O) groups excluding carboxylic acids is 1. The van der Waals surface area contributed by atoms with Gasteiger partial charge in [-0.1, -0.05) is 20.8 Å². The quantitative estimate of drug-likeness (QED) is 0.788. The molecule has 7 heteroatoms. The Kier molecular flexibility index (Phi) is 5.34. The van der Waals surface area contributed by atoms with Crippen LogP contribution in [-0.2, 0) is 15.0 Å². The average molecular weight is 291 g/mol. The summed E-state index contributed by atoms with van der Waals surface area (Å²) in [6.07, 6.45) is 2.00. The third-order valence-electron chi connectivity index (χ3n) is 3.36. The molecule has 0 aromatic heterocycles. The van der Waals surface area contributed by atoms with Gasteiger partial charge in [0.05, 0.1) is 0 Å². The summed E-state index contributed by atoms with van der Waals surface area (Å²) in [4.78, 5) is 11.9. The van der Waals surface area contributed by atoms with Gasteiger partial charge in [-0.2, -0.15) is 12.7 Å². The van der Waals surface area contributed by atoms with Crippen LogP contribution < -0.4 is 10.5 Å². The highest BCUT2D eigenvalue weighted by atomic mass is 32.2. The van der Waals surface area contributed by atoms with E-state index in [9.17, 15) is 13.2 Å². The fourth-order valence-electron chi connectivity index (χ4n) is 2.08. The third-order valence-corrected chi connectivity index (χ3v) is 4.44. The minimum Gasteiger partial charge on any atom is -0.356 e. The molecular formula is C12H25N3O3S. The molecule has 19 heavy (non-hydrogen) atoms. The summed E-state index contributed by atoms with van der Waals surface area (Å²) in [6.45, 7) is 7.71. The highest BCUT2D eigenvalue weighted by molar-refractivity contribution is 7.86. The summed E-state index contributed by atoms with van der Waals surface area (Å²) in [5.74, 6) is -0.0729. The Labute approximate surface area is 115 Å². The molecule has 0 bridgehead atoms. The van der Waals surface area contributed by atoms with Crippen molar-refractivity contribution < 1.29 is 13.2 Å². The van der Waals surface area contributed by atoms with Crippen molar-refractivity contribution in [3.63, 3.8) is 0 Å². The average Bonchev–Trinajstić information content (AvgIpc) is 2.26. The first-order valence-electron chi connectivity index (χ1n) is 6.65. The Morgan fingerprint density at radius 3 is 2.26 bits per heavy atom. The van der Waals surface area contributed by atoms with E-state index in [1.807, 2.05) is 0 Å². The van der Waals surface area contributed by atoms with Crippen molar-refractivity contribution in [1.82, 2.24) is 9.62 Å². The van der Waals surface area contributed by atoms with Crippen LogP contribution in [0.25, 0.3) is 0 Å². The van der Waals surface area contributed by atoms with E-state index in [0.29, 0.717) is 32.5 Å². The number of nitrogens with zero attached hydrogens (tertiary/aromatic N) is 1. The largest absolute Gasteiger partial charge is 0.356 e. The van der Waals surface area contributed by atoms with Gasteiger partial charge in [0.15, 0.2) is 0 Å². The molecule has 3 N–H and O–H groups in total. The zero-order chi connectivity index (χ0) is 14.7. The van der Waals surface area contributed by atoms with Crippen LogP contribution in [0.2, 0.25) is 0 Å². The van der Waals surface area contributed by atoms with E-state index >= 15 is 0 Å². The van der Waals surface area contributed by atoms with Crippen LogP contribution in [0.4, 0.5) is 0 Å². The molecule has 1 rings (SSSR count). The van der Waals surface area contributed by atoms with Crippen molar-refractivity contribution in [3.05, 3.63) is 0 Å². The molecule has 0 radical (unpaired) electrons. The molecule has 112 valence electrons. The summed E-state index contributed by atoms with van der Waals surface area (Å²) in [7, 11) is -3.61. The molecule has 0 aromatic carbocycles. The van der Waals surface area contributed by atoms with E-state index < -0.39 is 10.2 Å². The van der Waals surface area contributed by atoms with Crippen LogP contribution in [-0.4, -0.2) is 38.3 Å². The zero-order valence-corrected chi connectivity index (χ0v) is 12.8. The standard InChI is InChI=1S/C12H25N3O3S/c1-12(2,3)6-7-14-11(16)10-4-8-15(9-5-10)19(13,17)18/h10H,4-9H2,1-3H3,(H,14,16)(H2,13,17,18). The molecule has 1 aliphatic heterocycles. The molecule has 1 amide bonds. The molecule has 0 atom stereocenters. The van der Waals surface area contributed by atoms with E-state index in [1.165, 1.54) is 4.31 Å². The van der Waals surface area contributed by atoms with Gasteiger partial charge in [0.25, 0.3) is 10.2 Å². The van der Waals surface area contributed by atoms with Crippen LogP contribution in [0.5, 0.6) is 0 Å². The second-order valence-corrected chi connectivity index (χ2v) is 7.87. The third kappa shape index (κ3) is 5.88. The first kappa shape index (κ1) is 16.4. The van der Waals surface area contributed by atoms with Gasteiger partial charge in [-0.05, 0) is 24.7 Å². The molecule has 1 saturated heterocycles. The molecule has 0 aromatic rings. The molecule has 0 saturated carbocycles. The molecule has 1 aliphatic rings. The van der Waals surface area contributed by atoms with Crippen molar-refractivity contribution in [3.8, 4) is 0 Å². The number of rotatable bonds is 4. The van der Waals surface area contributed by atoms with Crippen LogP contribution >= 0.6 is 0 Å². The fourth-order valence-corrected chi connectivity index (χ4v) is 2.80. The highest BCUT2D eigenvalue weighted by Gasteiger charge is 2.29. The van der Waals surface area contributed by atoms with Crippen LogP contribution in [0.1, 0.15) is 40.0 Å². The molecule has 0 unspecified atom stereocenters. The molecule has 0 aliphatic carbocycles. The molecule has 1 fully saturated rings. The van der Waals surface area contributed by atoms with Crippen LogP contribution in [0.15, 0.2) is 0 Å². The van der Waals surface area contributed by atoms with E-state index in [4.69, 9.17) is 5.14 Å². The minimum atomic E-state index is -3.61. The molecule has 6 nitrogen and oxygen atoms in total. The predicted molar refractivity (Wildman–Crippen MR) is 74.5 cm³/mol. The summed E-state index contributed by atoms with van der Waals surface area (Å²) < 4.78 is 23.5. The Morgan fingerprint density at radius 1 is 1.32 bits per heavy atom. The Bertz CT molecular complexity index is 406. The number of piperidine rings is 1. The Morgan fingerprint density at radius 2 is 1.84 bits per heavy atom. The van der Waals surface area contributed by atoms with Gasteiger partial charge in [0.1, 0.15) is 0 Å². The van der Waals surface area contributed by atoms with Crippen molar-refractivity contribution in [2.24, 2.45) is 16.5 Å². The predicted octanol–water partition coefficient (Wildman–Crippen LogP) is 0.454. The van der Waals surface area contributed by atoms with Crippen molar-refractivity contribution in [2.45, 2.75) is 40.0 Å². The maximum absolute atomic E-state index is 11.9. The summed E-state index contributed by atoms with van der Waals surface area (Å²) in [6, 6.07) is 0. The molecule has 0 spiro atoms. The second kappa shape index (κ2) is 6.19. The first-order chi connectivity index (χ1) is 8.59. The zero-order valence-electron chi connectivity index (χ0n) is 12.0. The first-order valence-corrected chi connectivity index (χ1v) is 8.15. The summed E-state index contributed by atoms with van der Waals surface area (Å²) in [5.41, 5.74) is 0.199. The van der Waals surface area contributed by atoms with Crippen LogP contribution in [0.3, 0.4) is 0 Å². The van der Waals surface area contributed by atoms with E-state index in [-0.39, 0.29) is 17.2 Å². The number of hydrogen-bond acceptors (Lipinski definition) is 3. The number of hydrogen-bond donors (Lipinski definition) is 2. The van der Waals surface area contributed by atoms with Gasteiger partial charge >= 0.3 is 0 Å². The van der Waals surface area contributed by atoms with E-state index in [2.05, 4.69) is 26.1 Å². The lowest BCUT2D eigenvalue weighted by Gasteiger charge is -2.29. The van der Waals surface area contributed by atoms with Gasteiger partial charge in [0.2, 0.25) is 5.91 Å².